The predicted molar refractivity (Wildman–Crippen MR) is 211 cm³/mol. The van der Waals surface area contributed by atoms with E-state index in [9.17, 15) is 27.6 Å². The topological polar surface area (TPSA) is 159 Å². The van der Waals surface area contributed by atoms with Gasteiger partial charge in [-0.3, -0.25) is 14.5 Å². The summed E-state index contributed by atoms with van der Waals surface area (Å²) in [7, 11) is 0. The Labute approximate surface area is 347 Å². The lowest BCUT2D eigenvalue weighted by molar-refractivity contribution is -0.137. The average Bonchev–Trinajstić information content (AvgIpc) is 3.49. The molecule has 0 unspecified atom stereocenters. The molecule has 0 atom stereocenters. The second kappa shape index (κ2) is 28.1. The third-order valence-corrected chi connectivity index (χ3v) is 8.39. The number of ether oxygens (including phenoxy) is 10. The van der Waals surface area contributed by atoms with Gasteiger partial charge < -0.3 is 52.7 Å². The molecule has 1 N–H and O–H groups in total. The van der Waals surface area contributed by atoms with Crippen molar-refractivity contribution in [2.45, 2.75) is 6.18 Å². The van der Waals surface area contributed by atoms with Crippen LogP contribution in [0.3, 0.4) is 0 Å². The van der Waals surface area contributed by atoms with Crippen LogP contribution in [0.4, 0.5) is 24.5 Å². The Morgan fingerprint density at radius 3 is 1.35 bits per heavy atom. The smallest absolute Gasteiger partial charge is 0.416 e. The van der Waals surface area contributed by atoms with E-state index in [0.29, 0.717) is 116 Å². The Hall–Kier alpha value is -4.50. The zero-order valence-corrected chi connectivity index (χ0v) is 33.5. The fourth-order valence-corrected chi connectivity index (χ4v) is 5.43. The minimum absolute atomic E-state index is 0.0119. The molecule has 0 saturated heterocycles. The Morgan fingerprint density at radius 1 is 0.500 bits per heavy atom. The lowest BCUT2D eigenvalue weighted by atomic mass is 10.1. The van der Waals surface area contributed by atoms with Crippen LogP contribution in [-0.4, -0.2) is 155 Å². The maximum Gasteiger partial charge on any atom is 0.416 e. The Kier molecular flexibility index (Phi) is 22.6. The van der Waals surface area contributed by atoms with Crippen molar-refractivity contribution < 1.29 is 74.9 Å². The number of imide groups is 1. The number of para-hydroxylation sites is 1. The quantitative estimate of drug-likeness (QED) is 0.0493. The molecule has 60 heavy (non-hydrogen) atoms. The number of halogens is 3. The van der Waals surface area contributed by atoms with Crippen LogP contribution in [0.15, 0.2) is 72.8 Å². The number of fused-ring (bicyclic) bond motifs is 1. The number of hydrogen-bond acceptors (Lipinski definition) is 14. The molecule has 0 aliphatic carbocycles. The van der Waals surface area contributed by atoms with Gasteiger partial charge in [0, 0.05) is 5.69 Å². The Bertz CT molecular complexity index is 1680. The van der Waals surface area contributed by atoms with E-state index in [4.69, 9.17) is 47.4 Å². The number of benzene rings is 3. The standard InChI is InChI=1S/C42H53F3N2O13/c43-42(44,45)33-6-5-7-34(32-33)46-38-11-4-3-10-37(38)41(50)60-31-30-59-29-28-58-27-26-57-25-24-56-23-22-55-21-20-54-19-18-53-17-16-52-15-14-51-13-12-47-39(48)35-8-1-2-9-36(35)40(47)49/h1-11,32,46H,12-31H2. The highest BCUT2D eigenvalue weighted by atomic mass is 19.4. The minimum atomic E-state index is -4.48. The number of rotatable bonds is 33. The van der Waals surface area contributed by atoms with Crippen LogP contribution in [0.5, 0.6) is 0 Å². The number of nitrogens with one attached hydrogen (secondary N) is 1. The number of anilines is 2. The van der Waals surface area contributed by atoms with E-state index >= 15 is 0 Å². The van der Waals surface area contributed by atoms with Crippen LogP contribution < -0.4 is 5.32 Å². The van der Waals surface area contributed by atoms with Crippen LogP contribution in [0.25, 0.3) is 0 Å². The van der Waals surface area contributed by atoms with Gasteiger partial charge in [0.2, 0.25) is 0 Å². The first kappa shape index (κ1) is 48.2. The van der Waals surface area contributed by atoms with Crippen LogP contribution >= 0.6 is 0 Å². The average molecular weight is 851 g/mol. The molecule has 4 rings (SSSR count). The molecule has 15 nitrogen and oxygen atoms in total. The molecule has 0 fully saturated rings. The Morgan fingerprint density at radius 2 is 0.900 bits per heavy atom. The maximum absolute atomic E-state index is 13.1. The van der Waals surface area contributed by atoms with Crippen molar-refractivity contribution in [2.24, 2.45) is 0 Å². The highest BCUT2D eigenvalue weighted by molar-refractivity contribution is 6.21. The normalized spacial score (nSPS) is 12.6. The largest absolute Gasteiger partial charge is 0.460 e. The van der Waals surface area contributed by atoms with Crippen LogP contribution in [-0.2, 0) is 53.5 Å². The van der Waals surface area contributed by atoms with Crippen molar-refractivity contribution in [3.05, 3.63) is 95.1 Å². The second-order valence-corrected chi connectivity index (χ2v) is 12.7. The molecule has 2 amide bonds. The van der Waals surface area contributed by atoms with Gasteiger partial charge in [0.15, 0.2) is 0 Å². The molecule has 1 heterocycles. The molecule has 330 valence electrons. The third kappa shape index (κ3) is 18.0. The van der Waals surface area contributed by atoms with Crippen molar-refractivity contribution >= 4 is 29.2 Å². The number of hydrogen-bond donors (Lipinski definition) is 1. The van der Waals surface area contributed by atoms with Crippen molar-refractivity contribution in [3.63, 3.8) is 0 Å². The molecule has 3 aromatic carbocycles. The fraction of sp³-hybridized carbons (Fsp3) is 0.500. The van der Waals surface area contributed by atoms with Crippen molar-refractivity contribution in [1.29, 1.82) is 0 Å². The zero-order valence-electron chi connectivity index (χ0n) is 33.5. The number of nitrogens with zero attached hydrogens (tertiary/aromatic N) is 1. The lowest BCUT2D eigenvalue weighted by Crippen LogP contribution is -2.33. The molecule has 1 aliphatic heterocycles. The van der Waals surface area contributed by atoms with E-state index in [-0.39, 0.29) is 56.0 Å². The van der Waals surface area contributed by atoms with Crippen molar-refractivity contribution in [3.8, 4) is 0 Å². The van der Waals surface area contributed by atoms with Gasteiger partial charge in [0.25, 0.3) is 11.8 Å². The Balaban J connectivity index is 0.828. The molecule has 18 heteroatoms. The predicted octanol–water partition coefficient (Wildman–Crippen LogP) is 5.05. The first-order valence-corrected chi connectivity index (χ1v) is 19.6. The molecule has 0 saturated carbocycles. The van der Waals surface area contributed by atoms with Crippen LogP contribution in [0.2, 0.25) is 0 Å². The maximum atomic E-state index is 13.1. The number of carbonyl (C=O) groups excluding carboxylic acids is 3. The molecule has 0 aromatic heterocycles. The molecule has 1 aliphatic rings. The molecule has 0 spiro atoms. The molecular weight excluding hydrogens is 797 g/mol. The number of carbonyl (C=O) groups is 3. The number of alkyl halides is 3. The minimum Gasteiger partial charge on any atom is -0.460 e. The van der Waals surface area contributed by atoms with E-state index < -0.39 is 17.7 Å². The summed E-state index contributed by atoms with van der Waals surface area (Å²) < 4.78 is 93.7. The summed E-state index contributed by atoms with van der Waals surface area (Å²) in [4.78, 5) is 38.5. The van der Waals surface area contributed by atoms with Gasteiger partial charge in [0.05, 0.1) is 153 Å². The van der Waals surface area contributed by atoms with Crippen molar-refractivity contribution in [2.75, 3.05) is 137 Å². The summed E-state index contributed by atoms with van der Waals surface area (Å²) in [5.74, 6) is -1.22. The number of esters is 1. The molecular formula is C42H53F3N2O13. The van der Waals surface area contributed by atoms with E-state index in [0.717, 1.165) is 12.1 Å². The van der Waals surface area contributed by atoms with Gasteiger partial charge in [-0.15, -0.1) is 0 Å². The summed E-state index contributed by atoms with van der Waals surface area (Å²) in [6.07, 6.45) is -4.48. The first-order valence-electron chi connectivity index (χ1n) is 19.6. The van der Waals surface area contributed by atoms with Gasteiger partial charge in [-0.1, -0.05) is 30.3 Å². The summed E-state index contributed by atoms with van der Waals surface area (Å²) >= 11 is 0. The fourth-order valence-electron chi connectivity index (χ4n) is 5.43. The summed E-state index contributed by atoms with van der Waals surface area (Å²) in [5.41, 5.74) is 0.735. The molecule has 0 radical (unpaired) electrons. The van der Waals surface area contributed by atoms with Crippen molar-refractivity contribution in [1.82, 2.24) is 4.90 Å². The first-order chi connectivity index (χ1) is 29.3. The third-order valence-electron chi connectivity index (χ3n) is 8.39. The highest BCUT2D eigenvalue weighted by Gasteiger charge is 2.34. The van der Waals surface area contributed by atoms with Crippen LogP contribution in [0, 0.1) is 0 Å². The van der Waals surface area contributed by atoms with E-state index in [2.05, 4.69) is 5.32 Å². The zero-order chi connectivity index (χ0) is 42.7. The van der Waals surface area contributed by atoms with Gasteiger partial charge in [-0.05, 0) is 42.5 Å². The van der Waals surface area contributed by atoms with E-state index in [1.54, 1.807) is 42.5 Å². The van der Waals surface area contributed by atoms with Gasteiger partial charge >= 0.3 is 12.1 Å². The monoisotopic (exact) mass is 850 g/mol. The second-order valence-electron chi connectivity index (χ2n) is 12.7. The summed E-state index contributed by atoms with van der Waals surface area (Å²) in [5, 5.41) is 2.85. The SMILES string of the molecule is O=C(OCCOCCOCCOCCOCCOCCOCCOCCOCCOCCN1C(=O)c2ccccc2C1=O)c1ccccc1Nc1cccc(C(F)(F)F)c1. The molecule has 3 aromatic rings. The van der Waals surface area contributed by atoms with E-state index in [1.807, 2.05) is 0 Å². The highest BCUT2D eigenvalue weighted by Crippen LogP contribution is 2.32. The van der Waals surface area contributed by atoms with Crippen LogP contribution in [0.1, 0.15) is 36.6 Å². The van der Waals surface area contributed by atoms with E-state index in [1.165, 1.54) is 23.1 Å². The van der Waals surface area contributed by atoms with Gasteiger partial charge in [0.1, 0.15) is 6.61 Å². The molecule has 0 bridgehead atoms. The van der Waals surface area contributed by atoms with Gasteiger partial charge in [-0.2, -0.15) is 13.2 Å². The lowest BCUT2D eigenvalue weighted by Gasteiger charge is -2.13. The summed E-state index contributed by atoms with van der Waals surface area (Å²) in [6.45, 7) is 6.89. The number of amides is 2. The van der Waals surface area contributed by atoms with Gasteiger partial charge in [-0.25, -0.2) is 4.79 Å². The summed E-state index contributed by atoms with van der Waals surface area (Å²) in [6, 6.07) is 17.9.